The van der Waals surface area contributed by atoms with E-state index in [0.29, 0.717) is 0 Å². The molecule has 1 saturated heterocycles. The number of rotatable bonds is 4. The maximum atomic E-state index is 6.78. The molecule has 0 atom stereocenters. The molecule has 5 heteroatoms. The van der Waals surface area contributed by atoms with Crippen molar-refractivity contribution in [3.05, 3.63) is 66.4 Å². The third-order valence-electron chi connectivity index (χ3n) is 6.64. The number of aromatic nitrogens is 3. The molecule has 4 heterocycles. The van der Waals surface area contributed by atoms with Crippen molar-refractivity contribution in [1.82, 2.24) is 19.4 Å². The smallest absolute Gasteiger partial charge is 0.153 e. The summed E-state index contributed by atoms with van der Waals surface area (Å²) in [6.45, 7) is 3.99. The van der Waals surface area contributed by atoms with Gasteiger partial charge >= 0.3 is 0 Å². The summed E-state index contributed by atoms with van der Waals surface area (Å²) in [4.78, 5) is 11.9. The van der Waals surface area contributed by atoms with Crippen LogP contribution in [0.1, 0.15) is 37.1 Å². The Hall–Kier alpha value is -2.66. The zero-order valence-corrected chi connectivity index (χ0v) is 16.6. The van der Waals surface area contributed by atoms with E-state index in [9.17, 15) is 0 Å². The highest BCUT2D eigenvalue weighted by atomic mass is 16.5. The average Bonchev–Trinajstić information content (AvgIpc) is 3.47. The molecule has 2 fully saturated rings. The summed E-state index contributed by atoms with van der Waals surface area (Å²) in [5, 5.41) is 0. The quantitative estimate of drug-likeness (QED) is 0.673. The summed E-state index contributed by atoms with van der Waals surface area (Å²) in [6, 6.07) is 14.5. The van der Waals surface area contributed by atoms with Gasteiger partial charge < -0.3 is 9.30 Å². The molecule has 2 aliphatic heterocycles. The second kappa shape index (κ2) is 6.70. The van der Waals surface area contributed by atoms with E-state index in [1.165, 1.54) is 18.5 Å². The van der Waals surface area contributed by atoms with Gasteiger partial charge in [-0.3, -0.25) is 9.88 Å². The lowest BCUT2D eigenvalue weighted by Gasteiger charge is -2.44. The lowest BCUT2D eigenvalue weighted by Crippen LogP contribution is -2.48. The summed E-state index contributed by atoms with van der Waals surface area (Å²) < 4.78 is 9.18. The summed E-state index contributed by atoms with van der Waals surface area (Å²) in [6.07, 6.45) is 8.58. The van der Waals surface area contributed by atoms with Gasteiger partial charge in [0.25, 0.3) is 0 Å². The van der Waals surface area contributed by atoms with Crippen molar-refractivity contribution < 1.29 is 4.74 Å². The molecule has 2 aromatic heterocycles. The van der Waals surface area contributed by atoms with E-state index in [1.54, 1.807) is 0 Å². The van der Waals surface area contributed by atoms with Crippen molar-refractivity contribution in [2.45, 2.75) is 44.4 Å². The van der Waals surface area contributed by atoms with Crippen LogP contribution in [0.5, 0.6) is 5.75 Å². The van der Waals surface area contributed by atoms with Crippen LogP contribution in [0.3, 0.4) is 0 Å². The fourth-order valence-corrected chi connectivity index (χ4v) is 4.92. The van der Waals surface area contributed by atoms with E-state index in [1.807, 2.05) is 12.3 Å². The van der Waals surface area contributed by atoms with Gasteiger partial charge in [-0.15, -0.1) is 0 Å². The molecule has 148 valence electrons. The van der Waals surface area contributed by atoms with Crippen molar-refractivity contribution in [2.75, 3.05) is 13.1 Å². The third kappa shape index (κ3) is 3.04. The van der Waals surface area contributed by atoms with Gasteiger partial charge in [0.1, 0.15) is 5.75 Å². The van der Waals surface area contributed by atoms with Crippen LogP contribution in [-0.2, 0) is 18.7 Å². The Morgan fingerprint density at radius 2 is 1.83 bits per heavy atom. The number of nitrogens with zero attached hydrogens (tertiary/aromatic N) is 4. The molecule has 3 aliphatic rings. The van der Waals surface area contributed by atoms with Crippen molar-refractivity contribution >= 4 is 0 Å². The Morgan fingerprint density at radius 1 is 1.00 bits per heavy atom. The SMILES string of the molecule is c1ccc(CN2CCC3(CC2)Oc2ccccc2-c2ncn(CC4CC4)c23)nc1. The Morgan fingerprint density at radius 3 is 2.62 bits per heavy atom. The number of likely N-dealkylation sites (tertiary alicyclic amines) is 1. The van der Waals surface area contributed by atoms with E-state index in [-0.39, 0.29) is 5.60 Å². The van der Waals surface area contributed by atoms with Crippen LogP contribution in [0.2, 0.25) is 0 Å². The van der Waals surface area contributed by atoms with Crippen LogP contribution in [0.25, 0.3) is 11.3 Å². The first-order chi connectivity index (χ1) is 14.3. The topological polar surface area (TPSA) is 43.2 Å². The number of fused-ring (bicyclic) bond motifs is 4. The number of hydrogen-bond acceptors (Lipinski definition) is 4. The second-order valence-corrected chi connectivity index (χ2v) is 8.73. The Balaban J connectivity index is 1.32. The number of ether oxygens (including phenoxy) is 1. The Kier molecular flexibility index (Phi) is 3.98. The van der Waals surface area contributed by atoms with Gasteiger partial charge in [-0.1, -0.05) is 18.2 Å². The van der Waals surface area contributed by atoms with Gasteiger partial charge in [-0.25, -0.2) is 4.98 Å². The maximum absolute atomic E-state index is 6.78. The highest BCUT2D eigenvalue weighted by molar-refractivity contribution is 5.72. The van der Waals surface area contributed by atoms with Crippen molar-refractivity contribution in [3.8, 4) is 17.0 Å². The van der Waals surface area contributed by atoms with Gasteiger partial charge in [0, 0.05) is 50.8 Å². The lowest BCUT2D eigenvalue weighted by molar-refractivity contribution is -0.0134. The van der Waals surface area contributed by atoms with Gasteiger partial charge in [-0.2, -0.15) is 0 Å². The van der Waals surface area contributed by atoms with Crippen molar-refractivity contribution in [3.63, 3.8) is 0 Å². The standard InChI is InChI=1S/C24H26N4O/c1-2-7-21-20(6-1)22-23(28(17-26-22)15-18-8-9-18)24(29-21)10-13-27(14-11-24)16-19-5-3-4-12-25-19/h1-7,12,17-18H,8-11,13-16H2. The van der Waals surface area contributed by atoms with E-state index in [4.69, 9.17) is 9.72 Å². The van der Waals surface area contributed by atoms with Crippen LogP contribution in [-0.4, -0.2) is 32.5 Å². The first-order valence-corrected chi connectivity index (χ1v) is 10.8. The Bertz CT molecular complexity index is 1020. The van der Waals surface area contributed by atoms with Crippen LogP contribution >= 0.6 is 0 Å². The van der Waals surface area contributed by atoms with Crippen LogP contribution in [0, 0.1) is 5.92 Å². The molecule has 0 N–H and O–H groups in total. The minimum atomic E-state index is -0.268. The normalized spacial score (nSPS) is 20.1. The predicted molar refractivity (Wildman–Crippen MR) is 111 cm³/mol. The van der Waals surface area contributed by atoms with Crippen molar-refractivity contribution in [1.29, 1.82) is 0 Å². The summed E-state index contributed by atoms with van der Waals surface area (Å²) in [5.41, 5.74) is 4.44. The lowest BCUT2D eigenvalue weighted by atomic mass is 9.83. The van der Waals surface area contributed by atoms with Crippen molar-refractivity contribution in [2.24, 2.45) is 5.92 Å². The number of imidazole rings is 1. The molecule has 5 nitrogen and oxygen atoms in total. The highest BCUT2D eigenvalue weighted by Gasteiger charge is 2.46. The van der Waals surface area contributed by atoms with E-state index in [2.05, 4.69) is 57.2 Å². The molecule has 6 rings (SSSR count). The summed E-state index contributed by atoms with van der Waals surface area (Å²) in [7, 11) is 0. The molecular weight excluding hydrogens is 360 g/mol. The monoisotopic (exact) mass is 386 g/mol. The number of hydrogen-bond donors (Lipinski definition) is 0. The minimum Gasteiger partial charge on any atom is -0.480 e. The van der Waals surface area contributed by atoms with Gasteiger partial charge in [0.2, 0.25) is 0 Å². The molecular formula is C24H26N4O. The van der Waals surface area contributed by atoms with Crippen LogP contribution in [0.4, 0.5) is 0 Å². The first-order valence-electron chi connectivity index (χ1n) is 10.8. The van der Waals surface area contributed by atoms with Crippen LogP contribution < -0.4 is 4.74 Å². The molecule has 0 amide bonds. The summed E-state index contributed by atoms with van der Waals surface area (Å²) >= 11 is 0. The molecule has 1 aromatic carbocycles. The summed E-state index contributed by atoms with van der Waals surface area (Å²) in [5.74, 6) is 1.79. The van der Waals surface area contributed by atoms with Gasteiger partial charge in [0.15, 0.2) is 5.60 Å². The molecule has 3 aromatic rings. The molecule has 0 radical (unpaired) electrons. The minimum absolute atomic E-state index is 0.268. The average molecular weight is 386 g/mol. The molecule has 1 spiro atoms. The van der Waals surface area contributed by atoms with Gasteiger partial charge in [0.05, 0.1) is 23.4 Å². The highest BCUT2D eigenvalue weighted by Crippen LogP contribution is 2.49. The number of piperidine rings is 1. The molecule has 0 unspecified atom stereocenters. The van der Waals surface area contributed by atoms with Gasteiger partial charge in [-0.05, 0) is 43.0 Å². The number of para-hydroxylation sites is 1. The molecule has 1 aliphatic carbocycles. The zero-order valence-electron chi connectivity index (χ0n) is 16.6. The zero-order chi connectivity index (χ0) is 19.3. The first kappa shape index (κ1) is 17.2. The fraction of sp³-hybridized carbons (Fsp3) is 0.417. The molecule has 29 heavy (non-hydrogen) atoms. The third-order valence-corrected chi connectivity index (χ3v) is 6.64. The molecule has 0 bridgehead atoms. The van der Waals surface area contributed by atoms with Crippen LogP contribution in [0.15, 0.2) is 55.0 Å². The number of pyridine rings is 1. The number of benzene rings is 1. The van der Waals surface area contributed by atoms with E-state index >= 15 is 0 Å². The van der Waals surface area contributed by atoms with E-state index < -0.39 is 0 Å². The fourth-order valence-electron chi connectivity index (χ4n) is 4.92. The predicted octanol–water partition coefficient (Wildman–Crippen LogP) is 4.24. The van der Waals surface area contributed by atoms with E-state index in [0.717, 1.165) is 67.6 Å². The maximum Gasteiger partial charge on any atom is 0.153 e. The molecule has 1 saturated carbocycles. The Labute approximate surface area is 171 Å². The largest absolute Gasteiger partial charge is 0.480 e. The second-order valence-electron chi connectivity index (χ2n) is 8.73.